The van der Waals surface area contributed by atoms with Crippen molar-refractivity contribution < 1.29 is 22.3 Å². The van der Waals surface area contributed by atoms with E-state index in [1.165, 1.54) is 20.3 Å². The molecule has 0 aromatic heterocycles. The van der Waals surface area contributed by atoms with Gasteiger partial charge in [0.2, 0.25) is 0 Å². The van der Waals surface area contributed by atoms with Crippen LogP contribution in [-0.2, 0) is 10.0 Å². The molecule has 2 aromatic rings. The Balaban J connectivity index is 2.62. The van der Waals surface area contributed by atoms with Crippen LogP contribution in [0.3, 0.4) is 0 Å². The normalized spacial score (nSPS) is 11.4. The average Bonchev–Trinajstić information content (AvgIpc) is 2.59. The van der Waals surface area contributed by atoms with Gasteiger partial charge in [-0.05, 0) is 62.4 Å². The maximum absolute atomic E-state index is 14.4. The highest BCUT2D eigenvalue weighted by Crippen LogP contribution is 2.35. The molecule has 0 heterocycles. The summed E-state index contributed by atoms with van der Waals surface area (Å²) in [6.07, 6.45) is 0. The molecular formula is C19H24FNO4S. The molecule has 0 aliphatic carbocycles. The smallest absolute Gasteiger partial charge is 0.262 e. The van der Waals surface area contributed by atoms with Crippen LogP contribution in [0.15, 0.2) is 17.0 Å². The summed E-state index contributed by atoms with van der Waals surface area (Å²) in [6.45, 7) is 9.24. The van der Waals surface area contributed by atoms with Gasteiger partial charge < -0.3 is 9.47 Å². The minimum atomic E-state index is -3.99. The highest BCUT2D eigenvalue weighted by Gasteiger charge is 2.25. The largest absolute Gasteiger partial charge is 0.493 e. The second-order valence-electron chi connectivity index (χ2n) is 6.25. The fourth-order valence-corrected chi connectivity index (χ4v) is 4.66. The quantitative estimate of drug-likeness (QED) is 0.844. The molecule has 2 aromatic carbocycles. The van der Waals surface area contributed by atoms with E-state index in [2.05, 4.69) is 4.72 Å². The molecule has 26 heavy (non-hydrogen) atoms. The monoisotopic (exact) mass is 381 g/mol. The Bertz CT molecular complexity index is 939. The van der Waals surface area contributed by atoms with Gasteiger partial charge in [0.05, 0.1) is 24.8 Å². The SMILES string of the molecule is COc1cc(F)c(NS(=O)(=O)c2c(C)c(C)c(C)c(C)c2C)cc1OC. The first kappa shape index (κ1) is 20.0. The Morgan fingerprint density at radius 2 is 1.23 bits per heavy atom. The van der Waals surface area contributed by atoms with E-state index in [1.807, 2.05) is 20.8 Å². The maximum atomic E-state index is 14.4. The molecule has 0 aliphatic heterocycles. The number of sulfonamides is 1. The number of ether oxygens (including phenoxy) is 2. The topological polar surface area (TPSA) is 64.6 Å². The Kier molecular flexibility index (Phi) is 5.51. The molecule has 142 valence electrons. The first-order chi connectivity index (χ1) is 12.0. The summed E-state index contributed by atoms with van der Waals surface area (Å²) in [7, 11) is -1.21. The van der Waals surface area contributed by atoms with Crippen LogP contribution in [0.2, 0.25) is 0 Å². The molecule has 0 atom stereocenters. The van der Waals surface area contributed by atoms with Crippen molar-refractivity contribution in [2.24, 2.45) is 0 Å². The fraction of sp³-hybridized carbons (Fsp3) is 0.368. The van der Waals surface area contributed by atoms with Gasteiger partial charge in [0.15, 0.2) is 17.3 Å². The van der Waals surface area contributed by atoms with E-state index in [9.17, 15) is 12.8 Å². The summed E-state index contributed by atoms with van der Waals surface area (Å²) in [6, 6.07) is 2.35. The van der Waals surface area contributed by atoms with Crippen molar-refractivity contribution in [1.29, 1.82) is 0 Å². The summed E-state index contributed by atoms with van der Waals surface area (Å²) >= 11 is 0. The second kappa shape index (κ2) is 7.15. The molecule has 0 fully saturated rings. The van der Waals surface area contributed by atoms with Crippen LogP contribution in [0.5, 0.6) is 11.5 Å². The van der Waals surface area contributed by atoms with Gasteiger partial charge in [-0.25, -0.2) is 12.8 Å². The van der Waals surface area contributed by atoms with E-state index in [4.69, 9.17) is 9.47 Å². The van der Waals surface area contributed by atoms with Gasteiger partial charge in [-0.3, -0.25) is 4.72 Å². The van der Waals surface area contributed by atoms with Crippen LogP contribution >= 0.6 is 0 Å². The van der Waals surface area contributed by atoms with Gasteiger partial charge in [-0.15, -0.1) is 0 Å². The Morgan fingerprint density at radius 3 is 1.69 bits per heavy atom. The lowest BCUT2D eigenvalue weighted by atomic mass is 9.95. The van der Waals surface area contributed by atoms with E-state index in [1.54, 1.807) is 13.8 Å². The van der Waals surface area contributed by atoms with E-state index < -0.39 is 15.8 Å². The highest BCUT2D eigenvalue weighted by atomic mass is 32.2. The Morgan fingerprint density at radius 1 is 0.808 bits per heavy atom. The molecule has 0 saturated heterocycles. The Labute approximate surface area is 154 Å². The summed E-state index contributed by atoms with van der Waals surface area (Å²) in [4.78, 5) is 0.173. The molecular weight excluding hydrogens is 357 g/mol. The van der Waals surface area contributed by atoms with E-state index in [0.717, 1.165) is 22.8 Å². The molecule has 0 bridgehead atoms. The number of halogens is 1. The number of rotatable bonds is 5. The zero-order chi connectivity index (χ0) is 19.8. The molecule has 7 heteroatoms. The lowest BCUT2D eigenvalue weighted by molar-refractivity contribution is 0.353. The molecule has 0 spiro atoms. The number of anilines is 1. The van der Waals surface area contributed by atoms with Gasteiger partial charge in [0, 0.05) is 12.1 Å². The van der Waals surface area contributed by atoms with Crippen LogP contribution in [-0.4, -0.2) is 22.6 Å². The average molecular weight is 381 g/mol. The van der Waals surface area contributed by atoms with Crippen LogP contribution in [0.1, 0.15) is 27.8 Å². The molecule has 0 aliphatic rings. The third kappa shape index (κ3) is 3.35. The van der Waals surface area contributed by atoms with Crippen molar-refractivity contribution in [3.05, 3.63) is 45.8 Å². The zero-order valence-electron chi connectivity index (χ0n) is 16.1. The number of nitrogens with one attached hydrogen (secondary N) is 1. The standard InChI is InChI=1S/C19H24FNO4S/c1-10-11(2)13(4)19(14(5)12(10)3)26(22,23)21-16-9-18(25-7)17(24-6)8-15(16)20/h8-9,21H,1-7H3. The fourth-order valence-electron chi connectivity index (χ4n) is 3.00. The minimum absolute atomic E-state index is 0.173. The predicted octanol–water partition coefficient (Wildman–Crippen LogP) is 4.19. The first-order valence-electron chi connectivity index (χ1n) is 8.06. The van der Waals surface area contributed by atoms with Crippen molar-refractivity contribution in [1.82, 2.24) is 0 Å². The summed E-state index contributed by atoms with van der Waals surface area (Å²) < 4.78 is 52.9. The number of hydrogen-bond acceptors (Lipinski definition) is 4. The Hall–Kier alpha value is -2.28. The van der Waals surface area contributed by atoms with E-state index in [-0.39, 0.29) is 22.1 Å². The van der Waals surface area contributed by atoms with Crippen LogP contribution < -0.4 is 14.2 Å². The molecule has 0 saturated carbocycles. The van der Waals surface area contributed by atoms with Crippen LogP contribution in [0.25, 0.3) is 0 Å². The first-order valence-corrected chi connectivity index (χ1v) is 9.54. The van der Waals surface area contributed by atoms with Gasteiger partial charge in [0.25, 0.3) is 10.0 Å². The second-order valence-corrected chi connectivity index (χ2v) is 7.87. The number of benzene rings is 2. The van der Waals surface area contributed by atoms with Gasteiger partial charge in [0.1, 0.15) is 0 Å². The van der Waals surface area contributed by atoms with Gasteiger partial charge in [-0.2, -0.15) is 0 Å². The van der Waals surface area contributed by atoms with Crippen LogP contribution in [0.4, 0.5) is 10.1 Å². The van der Waals surface area contributed by atoms with Gasteiger partial charge in [-0.1, -0.05) is 0 Å². The molecule has 1 N–H and O–H groups in total. The van der Waals surface area contributed by atoms with Crippen molar-refractivity contribution in [2.45, 2.75) is 39.5 Å². The summed E-state index contributed by atoms with van der Waals surface area (Å²) in [5.74, 6) is -0.333. The maximum Gasteiger partial charge on any atom is 0.262 e. The molecule has 0 amide bonds. The lowest BCUT2D eigenvalue weighted by Crippen LogP contribution is -2.18. The molecule has 0 unspecified atom stereocenters. The molecule has 5 nitrogen and oxygen atoms in total. The highest BCUT2D eigenvalue weighted by molar-refractivity contribution is 7.92. The van der Waals surface area contributed by atoms with Crippen molar-refractivity contribution in [2.75, 3.05) is 18.9 Å². The number of hydrogen-bond donors (Lipinski definition) is 1. The number of methoxy groups -OCH3 is 2. The van der Waals surface area contributed by atoms with Crippen molar-refractivity contribution >= 4 is 15.7 Å². The minimum Gasteiger partial charge on any atom is -0.493 e. The van der Waals surface area contributed by atoms with E-state index in [0.29, 0.717) is 11.1 Å². The van der Waals surface area contributed by atoms with Crippen molar-refractivity contribution in [3.8, 4) is 11.5 Å². The predicted molar refractivity (Wildman–Crippen MR) is 100 cm³/mol. The molecule has 0 radical (unpaired) electrons. The summed E-state index contributed by atoms with van der Waals surface area (Å²) in [5, 5.41) is 0. The summed E-state index contributed by atoms with van der Waals surface area (Å²) in [5.41, 5.74) is 3.97. The zero-order valence-corrected chi connectivity index (χ0v) is 16.9. The lowest BCUT2D eigenvalue weighted by Gasteiger charge is -2.20. The van der Waals surface area contributed by atoms with Crippen LogP contribution in [0, 0.1) is 40.4 Å². The third-order valence-electron chi connectivity index (χ3n) is 4.92. The van der Waals surface area contributed by atoms with Crippen molar-refractivity contribution in [3.63, 3.8) is 0 Å². The molecule has 2 rings (SSSR count). The van der Waals surface area contributed by atoms with E-state index >= 15 is 0 Å². The third-order valence-corrected chi connectivity index (χ3v) is 6.56. The van der Waals surface area contributed by atoms with Gasteiger partial charge >= 0.3 is 0 Å².